The monoisotopic (exact) mass is 225 g/mol. The maximum atomic E-state index is 12.6. The molecule has 0 radical (unpaired) electrons. The Hall–Kier alpha value is -1.62. The van der Waals surface area contributed by atoms with Crippen molar-refractivity contribution in [2.75, 3.05) is 5.32 Å². The fourth-order valence-corrected chi connectivity index (χ4v) is 1.58. The molecule has 1 saturated carbocycles. The zero-order valence-corrected chi connectivity index (χ0v) is 8.48. The average Bonchev–Trinajstić information content (AvgIpc) is 3.02. The van der Waals surface area contributed by atoms with E-state index in [4.69, 9.17) is 5.11 Å². The van der Waals surface area contributed by atoms with Gasteiger partial charge < -0.3 is 15.5 Å². The van der Waals surface area contributed by atoms with Gasteiger partial charge in [-0.2, -0.15) is 0 Å². The smallest absolute Gasteiger partial charge is 0.314 e. The normalized spacial score (nSPS) is 18.9. The summed E-state index contributed by atoms with van der Waals surface area (Å²) < 4.78 is 12.6. The van der Waals surface area contributed by atoms with E-state index in [-0.39, 0.29) is 5.82 Å². The Labute approximate surface area is 91.7 Å². The van der Waals surface area contributed by atoms with E-state index in [9.17, 15) is 14.3 Å². The van der Waals surface area contributed by atoms with Crippen molar-refractivity contribution in [2.45, 2.75) is 19.1 Å². The standard InChI is InChI=1S/C11H12FNO3/c12-7-1-3-8(4-2-7)13-9(14)11(5-6-11)10(15)16/h1-4,9,13-14H,5-6H2,(H,15,16). The Bertz CT molecular complexity index is 400. The van der Waals surface area contributed by atoms with Gasteiger partial charge in [-0.1, -0.05) is 0 Å². The molecule has 0 amide bonds. The molecule has 3 N–H and O–H groups in total. The highest BCUT2D eigenvalue weighted by molar-refractivity contribution is 5.79. The minimum absolute atomic E-state index is 0.376. The average molecular weight is 225 g/mol. The minimum atomic E-state index is -1.14. The van der Waals surface area contributed by atoms with Gasteiger partial charge in [0, 0.05) is 5.69 Å². The number of halogens is 1. The summed E-state index contributed by atoms with van der Waals surface area (Å²) in [5.41, 5.74) is -0.574. The van der Waals surface area contributed by atoms with E-state index in [0.29, 0.717) is 18.5 Å². The first-order chi connectivity index (χ1) is 7.54. The predicted octanol–water partition coefficient (Wildman–Crippen LogP) is 1.42. The Kier molecular flexibility index (Phi) is 2.55. The quantitative estimate of drug-likeness (QED) is 0.678. The van der Waals surface area contributed by atoms with Crippen molar-refractivity contribution in [1.29, 1.82) is 0 Å². The van der Waals surface area contributed by atoms with E-state index in [1.807, 2.05) is 0 Å². The highest BCUT2D eigenvalue weighted by Gasteiger charge is 2.56. The van der Waals surface area contributed by atoms with Crippen molar-refractivity contribution in [3.63, 3.8) is 0 Å². The summed E-state index contributed by atoms with van der Waals surface area (Å²) in [5.74, 6) is -1.38. The van der Waals surface area contributed by atoms with Crippen molar-refractivity contribution in [3.8, 4) is 0 Å². The van der Waals surface area contributed by atoms with Gasteiger partial charge in [-0.25, -0.2) is 4.39 Å². The molecule has 0 aliphatic heterocycles. The first-order valence-electron chi connectivity index (χ1n) is 4.98. The molecule has 1 aliphatic rings. The van der Waals surface area contributed by atoms with E-state index < -0.39 is 17.6 Å². The molecule has 1 atom stereocenters. The van der Waals surface area contributed by atoms with Crippen molar-refractivity contribution in [1.82, 2.24) is 0 Å². The number of hydrogen-bond acceptors (Lipinski definition) is 3. The molecule has 0 saturated heterocycles. The van der Waals surface area contributed by atoms with Gasteiger partial charge in [0.25, 0.3) is 0 Å². The van der Waals surface area contributed by atoms with Gasteiger partial charge in [0.05, 0.1) is 0 Å². The largest absolute Gasteiger partial charge is 0.481 e. The number of aliphatic carboxylic acids is 1. The Morgan fingerprint density at radius 2 is 1.94 bits per heavy atom. The van der Waals surface area contributed by atoms with Crippen LogP contribution in [0.5, 0.6) is 0 Å². The van der Waals surface area contributed by atoms with Crippen molar-refractivity contribution in [2.24, 2.45) is 5.41 Å². The van der Waals surface area contributed by atoms with Crippen LogP contribution in [0.4, 0.5) is 10.1 Å². The summed E-state index contributed by atoms with van der Waals surface area (Å²) >= 11 is 0. The summed E-state index contributed by atoms with van der Waals surface area (Å²) in [6.45, 7) is 0. The number of rotatable bonds is 4. The number of aliphatic hydroxyl groups is 1. The number of aliphatic hydroxyl groups excluding tert-OH is 1. The van der Waals surface area contributed by atoms with Gasteiger partial charge in [0.2, 0.25) is 0 Å². The number of benzene rings is 1. The summed E-state index contributed by atoms with van der Waals surface area (Å²) in [5, 5.41) is 21.3. The van der Waals surface area contributed by atoms with Crippen molar-refractivity contribution in [3.05, 3.63) is 30.1 Å². The highest BCUT2D eigenvalue weighted by atomic mass is 19.1. The zero-order chi connectivity index (χ0) is 11.8. The molecule has 2 rings (SSSR count). The predicted molar refractivity (Wildman–Crippen MR) is 55.3 cm³/mol. The van der Waals surface area contributed by atoms with Gasteiger partial charge in [-0.05, 0) is 37.1 Å². The van der Waals surface area contributed by atoms with Crippen LogP contribution < -0.4 is 5.32 Å². The van der Waals surface area contributed by atoms with Crippen LogP contribution in [0.15, 0.2) is 24.3 Å². The molecular weight excluding hydrogens is 213 g/mol. The third-order valence-electron chi connectivity index (χ3n) is 2.89. The fraction of sp³-hybridized carbons (Fsp3) is 0.364. The Morgan fingerprint density at radius 3 is 2.38 bits per heavy atom. The molecular formula is C11H12FNO3. The summed E-state index contributed by atoms with van der Waals surface area (Å²) in [7, 11) is 0. The van der Waals surface area contributed by atoms with Gasteiger partial charge in [0.15, 0.2) is 0 Å². The maximum absolute atomic E-state index is 12.6. The van der Waals surface area contributed by atoms with Crippen molar-refractivity contribution < 1.29 is 19.4 Å². The van der Waals surface area contributed by atoms with Crippen LogP contribution in [-0.4, -0.2) is 22.4 Å². The van der Waals surface area contributed by atoms with Crippen LogP contribution in [0, 0.1) is 11.2 Å². The lowest BCUT2D eigenvalue weighted by molar-refractivity contribution is -0.147. The Morgan fingerprint density at radius 1 is 1.38 bits per heavy atom. The van der Waals surface area contributed by atoms with Crippen LogP contribution in [0.3, 0.4) is 0 Å². The Balaban J connectivity index is 2.05. The SMILES string of the molecule is O=C(O)C1(C(O)Nc2ccc(F)cc2)CC1. The lowest BCUT2D eigenvalue weighted by Crippen LogP contribution is -2.36. The lowest BCUT2D eigenvalue weighted by atomic mass is 10.1. The molecule has 5 heteroatoms. The lowest BCUT2D eigenvalue weighted by Gasteiger charge is -2.20. The highest BCUT2D eigenvalue weighted by Crippen LogP contribution is 2.49. The maximum Gasteiger partial charge on any atom is 0.314 e. The first kappa shape index (κ1) is 10.9. The molecule has 0 heterocycles. The first-order valence-corrected chi connectivity index (χ1v) is 4.98. The molecule has 1 unspecified atom stereocenters. The van der Waals surface area contributed by atoms with Crippen LogP contribution in [0.25, 0.3) is 0 Å². The molecule has 1 fully saturated rings. The zero-order valence-electron chi connectivity index (χ0n) is 8.48. The third kappa shape index (κ3) is 1.86. The molecule has 1 aliphatic carbocycles. The summed E-state index contributed by atoms with van der Waals surface area (Å²) in [4.78, 5) is 10.9. The topological polar surface area (TPSA) is 69.6 Å². The van der Waals surface area contributed by atoms with E-state index in [1.165, 1.54) is 24.3 Å². The molecule has 1 aromatic carbocycles. The third-order valence-corrected chi connectivity index (χ3v) is 2.89. The second kappa shape index (κ2) is 3.75. The van der Waals surface area contributed by atoms with Gasteiger partial charge in [-0.3, -0.25) is 4.79 Å². The summed E-state index contributed by atoms with van der Waals surface area (Å²) in [6, 6.07) is 5.40. The van der Waals surface area contributed by atoms with E-state index in [2.05, 4.69) is 5.32 Å². The van der Waals surface area contributed by atoms with Crippen LogP contribution in [0.2, 0.25) is 0 Å². The molecule has 86 valence electrons. The number of carbonyl (C=O) groups is 1. The van der Waals surface area contributed by atoms with Crippen LogP contribution in [0.1, 0.15) is 12.8 Å². The fourth-order valence-electron chi connectivity index (χ4n) is 1.58. The molecule has 1 aromatic rings. The van der Waals surface area contributed by atoms with Crippen molar-refractivity contribution >= 4 is 11.7 Å². The van der Waals surface area contributed by atoms with Gasteiger partial charge in [0.1, 0.15) is 17.5 Å². The summed E-state index contributed by atoms with van der Waals surface area (Å²) in [6.07, 6.45) is -0.231. The number of nitrogens with one attached hydrogen (secondary N) is 1. The van der Waals surface area contributed by atoms with E-state index in [0.717, 1.165) is 0 Å². The molecule has 16 heavy (non-hydrogen) atoms. The molecule has 4 nitrogen and oxygen atoms in total. The van der Waals surface area contributed by atoms with Gasteiger partial charge >= 0.3 is 5.97 Å². The molecule has 0 aromatic heterocycles. The van der Waals surface area contributed by atoms with E-state index >= 15 is 0 Å². The number of carboxylic acids is 1. The van der Waals surface area contributed by atoms with Crippen LogP contribution >= 0.6 is 0 Å². The second-order valence-corrected chi connectivity index (χ2v) is 4.02. The number of anilines is 1. The van der Waals surface area contributed by atoms with Gasteiger partial charge in [-0.15, -0.1) is 0 Å². The number of hydrogen-bond donors (Lipinski definition) is 3. The van der Waals surface area contributed by atoms with Crippen LogP contribution in [-0.2, 0) is 4.79 Å². The van der Waals surface area contributed by atoms with E-state index in [1.54, 1.807) is 0 Å². The molecule has 0 spiro atoms. The minimum Gasteiger partial charge on any atom is -0.481 e. The second-order valence-electron chi connectivity index (χ2n) is 4.02. The number of carboxylic acid groups (broad SMARTS) is 1. The molecule has 0 bridgehead atoms.